The molecular weight excluding hydrogens is 513 g/mol. The summed E-state index contributed by atoms with van der Waals surface area (Å²) in [5, 5.41) is 10.4. The minimum Gasteiger partial charge on any atom is -0.467 e. The van der Waals surface area contributed by atoms with Crippen molar-refractivity contribution in [2.45, 2.75) is 31.2 Å². The van der Waals surface area contributed by atoms with Gasteiger partial charge in [0.15, 0.2) is 0 Å². The number of hydrogen-bond acceptors (Lipinski definition) is 4. The molecule has 35 heavy (non-hydrogen) atoms. The topological polar surface area (TPSA) is 96.5 Å². The molecule has 1 aliphatic rings. The van der Waals surface area contributed by atoms with E-state index in [1.165, 1.54) is 19.2 Å². The van der Waals surface area contributed by atoms with Crippen LogP contribution in [0, 0.1) is 0 Å². The molecule has 3 N–H and O–H groups in total. The van der Waals surface area contributed by atoms with Gasteiger partial charge in [-0.15, -0.1) is 0 Å². The lowest BCUT2D eigenvalue weighted by atomic mass is 9.96. The maximum atomic E-state index is 13.4. The number of fused-ring (bicyclic) bond motifs is 1. The van der Waals surface area contributed by atoms with Gasteiger partial charge in [-0.2, -0.15) is 0 Å². The number of anilines is 2. The van der Waals surface area contributed by atoms with E-state index in [2.05, 4.69) is 16.0 Å². The third kappa shape index (κ3) is 5.32. The van der Waals surface area contributed by atoms with Gasteiger partial charge in [-0.25, -0.2) is 9.59 Å². The molecule has 7 nitrogen and oxygen atoms in total. The number of ether oxygens (including phenoxy) is 1. The smallest absolute Gasteiger partial charge is 0.331 e. The zero-order chi connectivity index (χ0) is 25.2. The Bertz CT molecular complexity index is 1300. The number of urea groups is 1. The van der Waals surface area contributed by atoms with Crippen LogP contribution in [0.2, 0.25) is 15.1 Å². The van der Waals surface area contributed by atoms with Gasteiger partial charge in [0.05, 0.1) is 34.1 Å². The number of halogens is 3. The lowest BCUT2D eigenvalue weighted by Gasteiger charge is -2.27. The Morgan fingerprint density at radius 1 is 0.886 bits per heavy atom. The Hall–Kier alpha value is -3.00. The molecule has 0 radical (unpaired) electrons. The molecule has 3 aromatic rings. The van der Waals surface area contributed by atoms with Gasteiger partial charge in [-0.1, -0.05) is 71.9 Å². The molecule has 0 spiro atoms. The first kappa shape index (κ1) is 25.1. The van der Waals surface area contributed by atoms with E-state index in [9.17, 15) is 14.4 Å². The molecule has 1 fully saturated rings. The van der Waals surface area contributed by atoms with Crippen LogP contribution in [0.3, 0.4) is 0 Å². The van der Waals surface area contributed by atoms with Gasteiger partial charge < -0.3 is 20.7 Å². The Balaban J connectivity index is 1.66. The summed E-state index contributed by atoms with van der Waals surface area (Å²) in [6, 6.07) is 13.0. The molecule has 0 bridgehead atoms. The minimum atomic E-state index is -1.10. The lowest BCUT2D eigenvalue weighted by molar-refractivity contribution is -0.148. The van der Waals surface area contributed by atoms with Crippen LogP contribution in [-0.2, 0) is 9.53 Å². The molecule has 4 rings (SSSR count). The van der Waals surface area contributed by atoms with Gasteiger partial charge >= 0.3 is 12.0 Å². The third-order valence-electron chi connectivity index (χ3n) is 6.01. The highest BCUT2D eigenvalue weighted by molar-refractivity contribution is 6.42. The van der Waals surface area contributed by atoms with Gasteiger partial charge in [0.2, 0.25) is 0 Å². The normalized spacial score (nSPS) is 14.4. The van der Waals surface area contributed by atoms with E-state index in [0.717, 1.165) is 23.6 Å². The van der Waals surface area contributed by atoms with Crippen molar-refractivity contribution in [3.63, 3.8) is 0 Å². The maximum Gasteiger partial charge on any atom is 0.331 e. The summed E-state index contributed by atoms with van der Waals surface area (Å²) in [6.07, 6.45) is 2.55. The number of esters is 1. The summed E-state index contributed by atoms with van der Waals surface area (Å²) in [5.74, 6) is -0.982. The molecular formula is C25H22Cl3N3O4. The summed E-state index contributed by atoms with van der Waals surface area (Å²) < 4.78 is 4.97. The molecule has 182 valence electrons. The highest BCUT2D eigenvalue weighted by Crippen LogP contribution is 2.35. The average Bonchev–Trinajstić information content (AvgIpc) is 3.30. The fraction of sp³-hybridized carbons (Fsp3) is 0.240. The number of benzene rings is 3. The van der Waals surface area contributed by atoms with Crippen LogP contribution in [0.4, 0.5) is 16.2 Å². The fourth-order valence-electron chi connectivity index (χ4n) is 4.30. The van der Waals surface area contributed by atoms with E-state index in [1.807, 2.05) is 24.3 Å². The van der Waals surface area contributed by atoms with Gasteiger partial charge in [0.1, 0.15) is 5.54 Å². The van der Waals surface area contributed by atoms with Crippen LogP contribution in [-0.4, -0.2) is 30.6 Å². The zero-order valence-corrected chi connectivity index (χ0v) is 21.0. The van der Waals surface area contributed by atoms with Gasteiger partial charge in [-0.05, 0) is 47.9 Å². The van der Waals surface area contributed by atoms with Crippen LogP contribution >= 0.6 is 34.8 Å². The van der Waals surface area contributed by atoms with Crippen molar-refractivity contribution >= 4 is 74.9 Å². The zero-order valence-electron chi connectivity index (χ0n) is 18.7. The van der Waals surface area contributed by atoms with Crippen molar-refractivity contribution in [1.82, 2.24) is 5.32 Å². The predicted octanol–water partition coefficient (Wildman–Crippen LogP) is 6.66. The van der Waals surface area contributed by atoms with Crippen molar-refractivity contribution < 1.29 is 19.1 Å². The van der Waals surface area contributed by atoms with E-state index in [-0.39, 0.29) is 27.0 Å². The Morgan fingerprint density at radius 2 is 1.49 bits per heavy atom. The van der Waals surface area contributed by atoms with Gasteiger partial charge in [-0.3, -0.25) is 4.79 Å². The number of hydrogen-bond donors (Lipinski definition) is 3. The number of methoxy groups -OCH3 is 1. The van der Waals surface area contributed by atoms with Crippen molar-refractivity contribution in [3.8, 4) is 0 Å². The first-order chi connectivity index (χ1) is 16.7. The number of amides is 3. The molecule has 3 amide bonds. The highest BCUT2D eigenvalue weighted by Gasteiger charge is 2.44. The summed E-state index contributed by atoms with van der Waals surface area (Å²) in [7, 11) is 1.30. The standard InChI is InChI=1S/C25H22Cl3N3O4/c1-35-23(33)25(8-4-5-9-25)31-22(32)17-10-14-6-2-3-7-15(14)11-20(17)29-24(34)30-21-18(27)12-16(26)13-19(21)28/h2-3,6-7,10-13H,4-5,8-9H2,1H3,(H,31,32)(H2,29,30,34). The maximum absolute atomic E-state index is 13.4. The Labute approximate surface area is 217 Å². The average molecular weight is 535 g/mol. The quantitative estimate of drug-likeness (QED) is 0.319. The molecule has 3 aromatic carbocycles. The summed E-state index contributed by atoms with van der Waals surface area (Å²) >= 11 is 18.3. The van der Waals surface area contributed by atoms with Crippen LogP contribution < -0.4 is 16.0 Å². The van der Waals surface area contributed by atoms with E-state index in [4.69, 9.17) is 39.5 Å². The van der Waals surface area contributed by atoms with E-state index >= 15 is 0 Å². The molecule has 1 aliphatic carbocycles. The molecule has 0 aromatic heterocycles. The van der Waals surface area contributed by atoms with Crippen LogP contribution in [0.25, 0.3) is 10.8 Å². The van der Waals surface area contributed by atoms with Crippen LogP contribution in [0.1, 0.15) is 36.0 Å². The van der Waals surface area contributed by atoms with Crippen molar-refractivity contribution in [2.75, 3.05) is 17.7 Å². The fourth-order valence-corrected chi connectivity index (χ4v) is 5.21. The SMILES string of the molecule is COC(=O)C1(NC(=O)c2cc3ccccc3cc2NC(=O)Nc2c(Cl)cc(Cl)cc2Cl)CCCC1. The first-order valence-corrected chi connectivity index (χ1v) is 12.0. The van der Waals surface area contributed by atoms with Crippen molar-refractivity contribution in [1.29, 1.82) is 0 Å². The molecule has 0 aliphatic heterocycles. The molecule has 0 saturated heterocycles. The van der Waals surface area contributed by atoms with Crippen LogP contribution in [0.15, 0.2) is 48.5 Å². The van der Waals surface area contributed by atoms with E-state index in [1.54, 1.807) is 12.1 Å². The minimum absolute atomic E-state index is 0.162. The molecule has 0 unspecified atom stereocenters. The number of carbonyl (C=O) groups is 3. The number of carbonyl (C=O) groups excluding carboxylic acids is 3. The van der Waals surface area contributed by atoms with E-state index in [0.29, 0.717) is 17.9 Å². The molecule has 0 atom stereocenters. The second-order valence-corrected chi connectivity index (χ2v) is 9.55. The third-order valence-corrected chi connectivity index (χ3v) is 6.82. The number of rotatable bonds is 5. The van der Waals surface area contributed by atoms with Gasteiger partial charge in [0.25, 0.3) is 5.91 Å². The second-order valence-electron chi connectivity index (χ2n) is 8.30. The van der Waals surface area contributed by atoms with Crippen LogP contribution in [0.5, 0.6) is 0 Å². The number of nitrogens with one attached hydrogen (secondary N) is 3. The first-order valence-electron chi connectivity index (χ1n) is 10.9. The Kier molecular flexibility index (Phi) is 7.40. The monoisotopic (exact) mass is 533 g/mol. The highest BCUT2D eigenvalue weighted by atomic mass is 35.5. The predicted molar refractivity (Wildman–Crippen MR) is 139 cm³/mol. The van der Waals surface area contributed by atoms with Crippen molar-refractivity contribution in [3.05, 3.63) is 69.2 Å². The largest absolute Gasteiger partial charge is 0.467 e. The summed E-state index contributed by atoms with van der Waals surface area (Å²) in [6.45, 7) is 0. The lowest BCUT2D eigenvalue weighted by Crippen LogP contribution is -2.53. The van der Waals surface area contributed by atoms with Crippen molar-refractivity contribution in [2.24, 2.45) is 0 Å². The second kappa shape index (κ2) is 10.3. The molecule has 1 saturated carbocycles. The van der Waals surface area contributed by atoms with Gasteiger partial charge in [0, 0.05) is 5.02 Å². The molecule has 10 heteroatoms. The van der Waals surface area contributed by atoms with E-state index < -0.39 is 23.4 Å². The Morgan fingerprint density at radius 3 is 2.09 bits per heavy atom. The summed E-state index contributed by atoms with van der Waals surface area (Å²) in [5.41, 5.74) is -0.473. The molecule has 0 heterocycles. The summed E-state index contributed by atoms with van der Waals surface area (Å²) in [4.78, 5) is 38.8.